The van der Waals surface area contributed by atoms with Gasteiger partial charge < -0.3 is 15.4 Å². The smallest absolute Gasteiger partial charge is 0.0644 e. The topological polar surface area (TPSA) is 33.3 Å². The summed E-state index contributed by atoms with van der Waals surface area (Å²) < 4.78 is 5.73. The Morgan fingerprint density at radius 2 is 2.08 bits per heavy atom. The highest BCUT2D eigenvalue weighted by molar-refractivity contribution is 5.00. The third kappa shape index (κ3) is 2.03. The van der Waals surface area contributed by atoms with Crippen LogP contribution in [-0.2, 0) is 4.74 Å². The van der Waals surface area contributed by atoms with Crippen molar-refractivity contribution in [3.8, 4) is 0 Å². The normalized spacial score (nSPS) is 39.2. The van der Waals surface area contributed by atoms with E-state index < -0.39 is 0 Å². The van der Waals surface area contributed by atoms with Gasteiger partial charge in [0.1, 0.15) is 0 Å². The average molecular weight is 184 g/mol. The highest BCUT2D eigenvalue weighted by atomic mass is 16.5. The van der Waals surface area contributed by atoms with Crippen LogP contribution in [0.4, 0.5) is 0 Å². The molecule has 1 spiro atoms. The quantitative estimate of drug-likeness (QED) is 0.575. The molecular weight excluding hydrogens is 164 g/mol. The minimum atomic E-state index is 0.0459. The van der Waals surface area contributed by atoms with Crippen molar-refractivity contribution in [1.29, 1.82) is 0 Å². The molecule has 0 aromatic carbocycles. The molecular formula is C10H20N2O. The first-order valence-corrected chi connectivity index (χ1v) is 5.22. The summed E-state index contributed by atoms with van der Waals surface area (Å²) in [5.74, 6) is 0. The van der Waals surface area contributed by atoms with Crippen molar-refractivity contribution >= 4 is 0 Å². The minimum absolute atomic E-state index is 0.0459. The second kappa shape index (κ2) is 3.23. The van der Waals surface area contributed by atoms with Gasteiger partial charge in [-0.2, -0.15) is 0 Å². The maximum absolute atomic E-state index is 5.73. The molecule has 2 heterocycles. The van der Waals surface area contributed by atoms with E-state index in [4.69, 9.17) is 4.74 Å². The molecule has 3 nitrogen and oxygen atoms in total. The lowest BCUT2D eigenvalue weighted by Gasteiger charge is -2.47. The zero-order valence-corrected chi connectivity index (χ0v) is 8.65. The van der Waals surface area contributed by atoms with Gasteiger partial charge in [-0.05, 0) is 26.7 Å². The van der Waals surface area contributed by atoms with Crippen LogP contribution in [-0.4, -0.2) is 37.4 Å². The summed E-state index contributed by atoms with van der Waals surface area (Å²) in [5.41, 5.74) is 0.351. The number of piperazine rings is 1. The Morgan fingerprint density at radius 1 is 1.23 bits per heavy atom. The fraction of sp³-hybridized carbons (Fsp3) is 1.00. The van der Waals surface area contributed by atoms with Crippen LogP contribution in [0.1, 0.15) is 26.7 Å². The van der Waals surface area contributed by atoms with E-state index >= 15 is 0 Å². The van der Waals surface area contributed by atoms with Crippen LogP contribution in [0.2, 0.25) is 0 Å². The van der Waals surface area contributed by atoms with Gasteiger partial charge in [0.25, 0.3) is 0 Å². The molecule has 76 valence electrons. The molecule has 0 saturated carbocycles. The van der Waals surface area contributed by atoms with Crippen molar-refractivity contribution in [3.63, 3.8) is 0 Å². The lowest BCUT2D eigenvalue weighted by atomic mass is 9.80. The van der Waals surface area contributed by atoms with E-state index in [0.717, 1.165) is 39.1 Å². The second-order valence-corrected chi connectivity index (χ2v) is 4.92. The second-order valence-electron chi connectivity index (χ2n) is 4.92. The average Bonchev–Trinajstić information content (AvgIpc) is 2.03. The fourth-order valence-corrected chi connectivity index (χ4v) is 2.59. The van der Waals surface area contributed by atoms with Crippen LogP contribution >= 0.6 is 0 Å². The zero-order chi connectivity index (χ0) is 9.36. The Labute approximate surface area is 80.2 Å². The Kier molecular flexibility index (Phi) is 2.34. The van der Waals surface area contributed by atoms with Crippen LogP contribution in [0.5, 0.6) is 0 Å². The van der Waals surface area contributed by atoms with Crippen LogP contribution in [0.3, 0.4) is 0 Å². The molecule has 0 aromatic heterocycles. The maximum atomic E-state index is 5.73. The van der Waals surface area contributed by atoms with E-state index in [1.165, 1.54) is 0 Å². The van der Waals surface area contributed by atoms with E-state index in [9.17, 15) is 0 Å². The van der Waals surface area contributed by atoms with Gasteiger partial charge in [0.05, 0.1) is 5.60 Å². The van der Waals surface area contributed by atoms with E-state index in [0.29, 0.717) is 5.54 Å². The van der Waals surface area contributed by atoms with Gasteiger partial charge in [-0.3, -0.25) is 0 Å². The van der Waals surface area contributed by atoms with Crippen molar-refractivity contribution in [2.75, 3.05) is 26.2 Å². The number of hydrogen-bond acceptors (Lipinski definition) is 3. The zero-order valence-electron chi connectivity index (χ0n) is 8.65. The largest absolute Gasteiger partial charge is 0.375 e. The Hall–Kier alpha value is -0.120. The summed E-state index contributed by atoms with van der Waals surface area (Å²) in [6.07, 6.45) is 2.26. The van der Waals surface area contributed by atoms with Gasteiger partial charge >= 0.3 is 0 Å². The molecule has 2 aliphatic heterocycles. The summed E-state index contributed by atoms with van der Waals surface area (Å²) in [6, 6.07) is 0. The maximum Gasteiger partial charge on any atom is 0.0644 e. The van der Waals surface area contributed by atoms with Gasteiger partial charge in [0, 0.05) is 31.8 Å². The molecule has 0 radical (unpaired) electrons. The van der Waals surface area contributed by atoms with Crippen LogP contribution in [0, 0.1) is 0 Å². The van der Waals surface area contributed by atoms with Crippen molar-refractivity contribution in [2.45, 2.75) is 37.8 Å². The molecule has 2 N–H and O–H groups in total. The first-order valence-electron chi connectivity index (χ1n) is 5.22. The van der Waals surface area contributed by atoms with Crippen LogP contribution in [0.25, 0.3) is 0 Å². The highest BCUT2D eigenvalue weighted by Crippen LogP contribution is 2.32. The first kappa shape index (κ1) is 9.44. The first-order chi connectivity index (χ1) is 6.12. The van der Waals surface area contributed by atoms with Crippen molar-refractivity contribution in [1.82, 2.24) is 10.6 Å². The monoisotopic (exact) mass is 184 g/mol. The number of hydrogen-bond donors (Lipinski definition) is 2. The number of nitrogens with one attached hydrogen (secondary N) is 2. The Bertz CT molecular complexity index is 180. The summed E-state index contributed by atoms with van der Waals surface area (Å²) >= 11 is 0. The summed E-state index contributed by atoms with van der Waals surface area (Å²) in [4.78, 5) is 0. The van der Waals surface area contributed by atoms with Gasteiger partial charge in [-0.15, -0.1) is 0 Å². The Morgan fingerprint density at radius 3 is 2.69 bits per heavy atom. The van der Waals surface area contributed by atoms with Crippen molar-refractivity contribution in [2.24, 2.45) is 0 Å². The van der Waals surface area contributed by atoms with E-state index in [-0.39, 0.29) is 5.60 Å². The predicted molar refractivity (Wildman–Crippen MR) is 52.9 cm³/mol. The van der Waals surface area contributed by atoms with Gasteiger partial charge in [-0.1, -0.05) is 0 Å². The predicted octanol–water partition coefficient (Wildman–Crippen LogP) is 0.507. The molecule has 2 fully saturated rings. The molecule has 0 bridgehead atoms. The lowest BCUT2D eigenvalue weighted by Crippen LogP contribution is -2.64. The summed E-state index contributed by atoms with van der Waals surface area (Å²) in [6.45, 7) is 8.55. The Balaban J connectivity index is 2.04. The number of rotatable bonds is 0. The van der Waals surface area contributed by atoms with Crippen molar-refractivity contribution < 1.29 is 4.74 Å². The van der Waals surface area contributed by atoms with Crippen LogP contribution in [0.15, 0.2) is 0 Å². The van der Waals surface area contributed by atoms with Crippen LogP contribution < -0.4 is 10.6 Å². The number of ether oxygens (including phenoxy) is 1. The van der Waals surface area contributed by atoms with Crippen molar-refractivity contribution in [3.05, 3.63) is 0 Å². The fourth-order valence-electron chi connectivity index (χ4n) is 2.59. The lowest BCUT2D eigenvalue weighted by molar-refractivity contribution is -0.0896. The standard InChI is InChI=1S/C10H20N2O/c1-9(2)7-10(3-6-13-9)8-11-4-5-12-10/h11-12H,3-8H2,1-2H3/t10-/m1/s1. The third-order valence-corrected chi connectivity index (χ3v) is 3.10. The molecule has 2 saturated heterocycles. The van der Waals surface area contributed by atoms with E-state index in [1.54, 1.807) is 0 Å². The van der Waals surface area contributed by atoms with Gasteiger partial charge in [0.2, 0.25) is 0 Å². The van der Waals surface area contributed by atoms with Gasteiger partial charge in [-0.25, -0.2) is 0 Å². The minimum Gasteiger partial charge on any atom is -0.375 e. The van der Waals surface area contributed by atoms with E-state index in [2.05, 4.69) is 24.5 Å². The summed E-state index contributed by atoms with van der Waals surface area (Å²) in [7, 11) is 0. The molecule has 2 aliphatic rings. The van der Waals surface area contributed by atoms with Gasteiger partial charge in [0.15, 0.2) is 0 Å². The molecule has 0 unspecified atom stereocenters. The molecule has 0 aliphatic carbocycles. The third-order valence-electron chi connectivity index (χ3n) is 3.10. The molecule has 2 rings (SSSR count). The molecule has 0 amide bonds. The molecule has 13 heavy (non-hydrogen) atoms. The summed E-state index contributed by atoms with van der Waals surface area (Å²) in [5, 5.41) is 7.11. The van der Waals surface area contributed by atoms with E-state index in [1.807, 2.05) is 0 Å². The molecule has 3 heteroatoms. The molecule has 1 atom stereocenters. The highest BCUT2D eigenvalue weighted by Gasteiger charge is 2.41. The molecule has 0 aromatic rings. The SMILES string of the molecule is CC1(C)C[C@]2(CCO1)CNCCN2.